The zero-order valence-electron chi connectivity index (χ0n) is 23.7. The SMILES string of the molecule is COC1c2cc(O)cc(c2O)NC(=O)/C(C)=C/C=C/C(C)C(OC(N)=O)/C(C)=C/C(C)C(OC)C(O)CC1C. The molecule has 2 bridgehead atoms. The lowest BCUT2D eigenvalue weighted by atomic mass is 9.86. The minimum absolute atomic E-state index is 0.0194. The van der Waals surface area contributed by atoms with Crippen molar-refractivity contribution in [3.05, 3.63) is 53.1 Å². The number of phenolic OH excluding ortho intramolecular Hbond substituents is 2. The molecule has 2 amide bonds. The molecule has 1 aromatic carbocycles. The molecular weight excluding hydrogens is 504 g/mol. The predicted octanol–water partition coefficient (Wildman–Crippen LogP) is 4.32. The first kappa shape index (κ1) is 31.9. The Hall–Kier alpha value is -3.34. The van der Waals surface area contributed by atoms with Gasteiger partial charge in [-0.1, -0.05) is 45.1 Å². The minimum atomic E-state index is -0.929. The third-order valence-corrected chi connectivity index (χ3v) is 7.05. The number of phenols is 2. The molecule has 6 N–H and O–H groups in total. The fourth-order valence-corrected chi connectivity index (χ4v) is 5.10. The number of aromatic hydroxyl groups is 2. The van der Waals surface area contributed by atoms with Gasteiger partial charge in [0.15, 0.2) is 0 Å². The maximum absolute atomic E-state index is 12.8. The van der Waals surface area contributed by atoms with E-state index < -0.39 is 36.4 Å². The number of carbonyl (C=O) groups is 2. The Balaban J connectivity index is 2.63. The molecule has 10 nitrogen and oxygen atoms in total. The summed E-state index contributed by atoms with van der Waals surface area (Å²) in [6.45, 7) is 9.00. The van der Waals surface area contributed by atoms with E-state index in [2.05, 4.69) is 5.32 Å². The fraction of sp³-hybridized carbons (Fsp3) is 0.517. The lowest BCUT2D eigenvalue weighted by molar-refractivity contribution is -0.112. The van der Waals surface area contributed by atoms with Gasteiger partial charge in [0.2, 0.25) is 0 Å². The smallest absolute Gasteiger partial charge is 0.405 e. The molecule has 1 aliphatic heterocycles. The molecule has 1 aliphatic rings. The van der Waals surface area contributed by atoms with Gasteiger partial charge in [0.25, 0.3) is 5.91 Å². The Bertz CT molecular complexity index is 1110. The van der Waals surface area contributed by atoms with Gasteiger partial charge in [-0.2, -0.15) is 0 Å². The Labute approximate surface area is 230 Å². The van der Waals surface area contributed by atoms with E-state index in [9.17, 15) is 24.9 Å². The summed E-state index contributed by atoms with van der Waals surface area (Å²) in [7, 11) is 2.97. The molecule has 7 atom stereocenters. The van der Waals surface area contributed by atoms with Crippen LogP contribution in [-0.2, 0) is 19.0 Å². The maximum atomic E-state index is 12.8. The van der Waals surface area contributed by atoms with Gasteiger partial charge in [-0.3, -0.25) is 4.79 Å². The topological polar surface area (TPSA) is 161 Å². The number of allylic oxidation sites excluding steroid dienone is 2. The summed E-state index contributed by atoms with van der Waals surface area (Å²) < 4.78 is 16.8. The highest BCUT2D eigenvalue weighted by molar-refractivity contribution is 6.04. The monoisotopic (exact) mass is 546 g/mol. The number of benzene rings is 1. The van der Waals surface area contributed by atoms with Crippen LogP contribution in [0.25, 0.3) is 0 Å². The highest BCUT2D eigenvalue weighted by Crippen LogP contribution is 2.41. The van der Waals surface area contributed by atoms with E-state index in [1.165, 1.54) is 26.4 Å². The van der Waals surface area contributed by atoms with E-state index in [0.717, 1.165) is 5.57 Å². The van der Waals surface area contributed by atoms with E-state index in [-0.39, 0.29) is 46.9 Å². The molecular formula is C29H42N2O8. The van der Waals surface area contributed by atoms with Crippen LogP contribution in [-0.4, -0.2) is 59.9 Å². The number of amides is 2. The Morgan fingerprint density at radius 3 is 2.31 bits per heavy atom. The van der Waals surface area contributed by atoms with Crippen LogP contribution in [0, 0.1) is 17.8 Å². The van der Waals surface area contributed by atoms with Gasteiger partial charge in [0.05, 0.1) is 24.0 Å². The minimum Gasteiger partial charge on any atom is -0.508 e. The van der Waals surface area contributed by atoms with Crippen LogP contribution < -0.4 is 11.1 Å². The average molecular weight is 547 g/mol. The van der Waals surface area contributed by atoms with Gasteiger partial charge < -0.3 is 40.6 Å². The average Bonchev–Trinajstić information content (AvgIpc) is 2.84. The molecule has 0 fully saturated rings. The molecule has 0 saturated heterocycles. The largest absolute Gasteiger partial charge is 0.508 e. The summed E-state index contributed by atoms with van der Waals surface area (Å²) in [6.07, 6.45) is 3.28. The third kappa shape index (κ3) is 8.32. The van der Waals surface area contributed by atoms with Crippen molar-refractivity contribution in [2.75, 3.05) is 19.5 Å². The first-order valence-electron chi connectivity index (χ1n) is 12.9. The normalized spacial score (nSPS) is 32.7. The van der Waals surface area contributed by atoms with Crippen molar-refractivity contribution in [2.45, 2.75) is 65.5 Å². The zero-order valence-corrected chi connectivity index (χ0v) is 23.7. The lowest BCUT2D eigenvalue weighted by Crippen LogP contribution is -2.36. The van der Waals surface area contributed by atoms with E-state index in [4.69, 9.17) is 19.9 Å². The number of nitrogens with two attached hydrogens (primary N) is 1. The van der Waals surface area contributed by atoms with Gasteiger partial charge in [-0.15, -0.1) is 0 Å². The van der Waals surface area contributed by atoms with Crippen LogP contribution in [0.5, 0.6) is 11.5 Å². The Morgan fingerprint density at radius 2 is 1.72 bits per heavy atom. The van der Waals surface area contributed by atoms with Crippen LogP contribution in [0.1, 0.15) is 52.7 Å². The van der Waals surface area contributed by atoms with Crippen molar-refractivity contribution in [1.29, 1.82) is 0 Å². The molecule has 0 spiro atoms. The highest BCUT2D eigenvalue weighted by Gasteiger charge is 2.32. The van der Waals surface area contributed by atoms with E-state index in [1.807, 2.05) is 33.8 Å². The molecule has 216 valence electrons. The molecule has 0 aliphatic carbocycles. The number of hydrogen-bond acceptors (Lipinski definition) is 8. The second-order valence-electron chi connectivity index (χ2n) is 10.2. The van der Waals surface area contributed by atoms with E-state index in [0.29, 0.717) is 5.57 Å². The van der Waals surface area contributed by atoms with E-state index >= 15 is 0 Å². The second kappa shape index (κ2) is 14.2. The maximum Gasteiger partial charge on any atom is 0.405 e. The van der Waals surface area contributed by atoms with Crippen molar-refractivity contribution in [3.63, 3.8) is 0 Å². The van der Waals surface area contributed by atoms with Gasteiger partial charge in [0.1, 0.15) is 17.6 Å². The Morgan fingerprint density at radius 1 is 1.05 bits per heavy atom. The van der Waals surface area contributed by atoms with Crippen molar-refractivity contribution < 1.29 is 39.1 Å². The van der Waals surface area contributed by atoms with Gasteiger partial charge in [-0.25, -0.2) is 4.79 Å². The van der Waals surface area contributed by atoms with Gasteiger partial charge in [-0.05, 0) is 37.8 Å². The first-order chi connectivity index (χ1) is 18.3. The van der Waals surface area contributed by atoms with E-state index in [1.54, 1.807) is 25.2 Å². The molecule has 2 rings (SSSR count). The number of fused-ring (bicyclic) bond motifs is 2. The number of ether oxygens (including phenoxy) is 3. The van der Waals surface area contributed by atoms with Crippen LogP contribution >= 0.6 is 0 Å². The summed E-state index contributed by atoms with van der Waals surface area (Å²) >= 11 is 0. The summed E-state index contributed by atoms with van der Waals surface area (Å²) in [5.74, 6) is -1.83. The van der Waals surface area contributed by atoms with Crippen LogP contribution in [0.2, 0.25) is 0 Å². The van der Waals surface area contributed by atoms with Crippen molar-refractivity contribution >= 4 is 17.7 Å². The van der Waals surface area contributed by atoms with Crippen molar-refractivity contribution in [1.82, 2.24) is 0 Å². The molecule has 0 radical (unpaired) electrons. The molecule has 0 aromatic heterocycles. The molecule has 39 heavy (non-hydrogen) atoms. The van der Waals surface area contributed by atoms with Gasteiger partial charge in [0, 0.05) is 43.3 Å². The summed E-state index contributed by atoms with van der Waals surface area (Å²) in [5.41, 5.74) is 6.69. The fourth-order valence-electron chi connectivity index (χ4n) is 5.10. The number of primary amides is 1. The number of nitrogens with one attached hydrogen (secondary N) is 1. The predicted molar refractivity (Wildman–Crippen MR) is 148 cm³/mol. The molecule has 0 saturated carbocycles. The molecule has 7 unspecified atom stereocenters. The van der Waals surface area contributed by atoms with Crippen LogP contribution in [0.15, 0.2) is 47.6 Å². The number of aliphatic hydroxyl groups is 1. The summed E-state index contributed by atoms with van der Waals surface area (Å²) in [6, 6.07) is 2.62. The van der Waals surface area contributed by atoms with Crippen LogP contribution in [0.4, 0.5) is 10.5 Å². The van der Waals surface area contributed by atoms with Crippen molar-refractivity contribution in [2.24, 2.45) is 23.5 Å². The zero-order chi connectivity index (χ0) is 29.4. The molecule has 1 aromatic rings. The molecule has 1 heterocycles. The summed E-state index contributed by atoms with van der Waals surface area (Å²) in [5, 5.41) is 35.2. The summed E-state index contributed by atoms with van der Waals surface area (Å²) in [4.78, 5) is 24.5. The Kier molecular flexibility index (Phi) is 11.6. The first-order valence-corrected chi connectivity index (χ1v) is 12.9. The lowest BCUT2D eigenvalue weighted by Gasteiger charge is -2.31. The standard InChI is InChI=1S/C29H42N2O8/c1-15-9-8-10-16(2)28(35)31-22-14-20(32)13-21(24(22)34)26(37-6)19(5)12-23(33)27(38-7)18(4)11-17(3)25(15)39-29(30)36/h8-11,13-15,18-19,23,25-27,32-34H,12H2,1-7H3,(H2,30,36)(H,31,35)/b9-8+,16-10+,17-11+. The number of hydrogen-bond donors (Lipinski definition) is 5. The quantitative estimate of drug-likeness (QED) is 0.213. The van der Waals surface area contributed by atoms with Crippen LogP contribution in [0.3, 0.4) is 0 Å². The highest BCUT2D eigenvalue weighted by atomic mass is 16.6. The number of rotatable bonds is 3. The number of anilines is 1. The number of carbonyl (C=O) groups excluding carboxylic acids is 2. The second-order valence-corrected chi connectivity index (χ2v) is 10.2. The van der Waals surface area contributed by atoms with Crippen molar-refractivity contribution in [3.8, 4) is 11.5 Å². The number of aliphatic hydroxyl groups excluding tert-OH is 1. The third-order valence-electron chi connectivity index (χ3n) is 7.05. The van der Waals surface area contributed by atoms with Gasteiger partial charge >= 0.3 is 6.09 Å². The number of methoxy groups -OCH3 is 2. The molecule has 10 heteroatoms.